The van der Waals surface area contributed by atoms with E-state index in [2.05, 4.69) is 9.97 Å². The fourth-order valence-corrected chi connectivity index (χ4v) is 2.01. The highest BCUT2D eigenvalue weighted by molar-refractivity contribution is 5.87. The van der Waals surface area contributed by atoms with Crippen LogP contribution < -0.4 is 5.73 Å². The maximum atomic E-state index is 8.98. The Labute approximate surface area is 110 Å². The van der Waals surface area contributed by atoms with Crippen molar-refractivity contribution in [2.75, 3.05) is 5.73 Å². The van der Waals surface area contributed by atoms with Crippen LogP contribution in [0, 0.1) is 11.3 Å². The molecule has 0 radical (unpaired) electrons. The van der Waals surface area contributed by atoms with Gasteiger partial charge in [-0.2, -0.15) is 5.26 Å². The lowest BCUT2D eigenvalue weighted by molar-refractivity contribution is 1.30. The zero-order valence-corrected chi connectivity index (χ0v) is 10.0. The number of hydrogen-bond acceptors (Lipinski definition) is 4. The van der Waals surface area contributed by atoms with Crippen LogP contribution in [0.1, 0.15) is 5.56 Å². The highest BCUT2D eigenvalue weighted by Crippen LogP contribution is 2.28. The predicted molar refractivity (Wildman–Crippen MR) is 74.1 cm³/mol. The molecule has 0 saturated carbocycles. The maximum absolute atomic E-state index is 8.98. The summed E-state index contributed by atoms with van der Waals surface area (Å²) < 4.78 is 0. The Morgan fingerprint density at radius 2 is 1.95 bits per heavy atom. The number of pyridine rings is 2. The molecule has 0 aliphatic rings. The highest BCUT2D eigenvalue weighted by atomic mass is 14.7. The van der Waals surface area contributed by atoms with Gasteiger partial charge in [-0.15, -0.1) is 0 Å². The number of benzene rings is 1. The molecule has 2 N–H and O–H groups in total. The van der Waals surface area contributed by atoms with Gasteiger partial charge in [-0.05, 0) is 12.1 Å². The van der Waals surface area contributed by atoms with Crippen molar-refractivity contribution in [1.82, 2.24) is 9.97 Å². The smallest absolute Gasteiger partial charge is 0.103 e. The number of para-hydroxylation sites is 1. The largest absolute Gasteiger partial charge is 0.397 e. The van der Waals surface area contributed by atoms with Crippen LogP contribution >= 0.6 is 0 Å². The molecule has 0 fully saturated rings. The SMILES string of the molecule is N#Cc1cncc(-c2cnc3ccccc3c2)c1N. The van der Waals surface area contributed by atoms with Crippen LogP contribution in [0.4, 0.5) is 5.69 Å². The van der Waals surface area contributed by atoms with Crippen LogP contribution in [0.2, 0.25) is 0 Å². The summed E-state index contributed by atoms with van der Waals surface area (Å²) in [5.74, 6) is 0. The molecule has 3 rings (SSSR count). The van der Waals surface area contributed by atoms with Gasteiger partial charge in [-0.25, -0.2) is 0 Å². The van der Waals surface area contributed by atoms with Crippen molar-refractivity contribution in [3.05, 3.63) is 54.5 Å². The van der Waals surface area contributed by atoms with Gasteiger partial charge in [0.25, 0.3) is 0 Å². The number of nitrogen functional groups attached to an aromatic ring is 1. The first-order valence-electron chi connectivity index (χ1n) is 5.78. The summed E-state index contributed by atoms with van der Waals surface area (Å²) in [6.07, 6.45) is 4.87. The summed E-state index contributed by atoms with van der Waals surface area (Å²) in [5, 5.41) is 10.0. The highest BCUT2D eigenvalue weighted by Gasteiger charge is 2.08. The van der Waals surface area contributed by atoms with Gasteiger partial charge in [0.1, 0.15) is 6.07 Å². The number of rotatable bonds is 1. The average molecular weight is 246 g/mol. The Kier molecular flexibility index (Phi) is 2.58. The van der Waals surface area contributed by atoms with Gasteiger partial charge in [-0.3, -0.25) is 9.97 Å². The van der Waals surface area contributed by atoms with Crippen LogP contribution in [-0.4, -0.2) is 9.97 Å². The number of nitrogens with zero attached hydrogens (tertiary/aromatic N) is 3. The van der Waals surface area contributed by atoms with Crippen LogP contribution in [0.25, 0.3) is 22.0 Å². The fourth-order valence-electron chi connectivity index (χ4n) is 2.01. The number of nitriles is 1. The van der Waals surface area contributed by atoms with E-state index in [4.69, 9.17) is 11.0 Å². The third kappa shape index (κ3) is 1.87. The van der Waals surface area contributed by atoms with E-state index in [0.29, 0.717) is 11.3 Å². The average Bonchev–Trinajstić information content (AvgIpc) is 2.47. The predicted octanol–water partition coefficient (Wildman–Crippen LogP) is 2.75. The van der Waals surface area contributed by atoms with Gasteiger partial charge in [0, 0.05) is 35.1 Å². The molecule has 3 aromatic rings. The van der Waals surface area contributed by atoms with Gasteiger partial charge in [0.05, 0.1) is 16.8 Å². The molecule has 90 valence electrons. The first-order valence-corrected chi connectivity index (χ1v) is 5.78. The van der Waals surface area contributed by atoms with Crippen LogP contribution in [0.5, 0.6) is 0 Å². The van der Waals surface area contributed by atoms with Crippen molar-refractivity contribution in [2.45, 2.75) is 0 Å². The Morgan fingerprint density at radius 3 is 2.79 bits per heavy atom. The Bertz CT molecular complexity index is 803. The molecule has 4 heteroatoms. The lowest BCUT2D eigenvalue weighted by atomic mass is 10.0. The van der Waals surface area contributed by atoms with Crippen LogP contribution in [0.15, 0.2) is 48.9 Å². The summed E-state index contributed by atoms with van der Waals surface area (Å²) in [6.45, 7) is 0. The normalized spacial score (nSPS) is 10.3. The van der Waals surface area contributed by atoms with Gasteiger partial charge < -0.3 is 5.73 Å². The second-order valence-electron chi connectivity index (χ2n) is 4.18. The van der Waals surface area contributed by atoms with Crippen molar-refractivity contribution in [1.29, 1.82) is 5.26 Å². The summed E-state index contributed by atoms with van der Waals surface area (Å²) >= 11 is 0. The van der Waals surface area contributed by atoms with Crippen molar-refractivity contribution >= 4 is 16.6 Å². The number of aromatic nitrogens is 2. The zero-order valence-electron chi connectivity index (χ0n) is 10.0. The Hall–Kier alpha value is -2.93. The minimum absolute atomic E-state index is 0.380. The molecule has 0 unspecified atom stereocenters. The van der Waals surface area contributed by atoms with Crippen molar-refractivity contribution in [3.63, 3.8) is 0 Å². The molecule has 0 saturated heterocycles. The van der Waals surface area contributed by atoms with Crippen molar-refractivity contribution < 1.29 is 0 Å². The monoisotopic (exact) mass is 246 g/mol. The van der Waals surface area contributed by atoms with Crippen LogP contribution in [-0.2, 0) is 0 Å². The molecule has 2 aromatic heterocycles. The van der Waals surface area contributed by atoms with E-state index in [0.717, 1.165) is 22.0 Å². The van der Waals surface area contributed by atoms with E-state index in [-0.39, 0.29) is 0 Å². The lowest BCUT2D eigenvalue weighted by Gasteiger charge is -2.07. The topological polar surface area (TPSA) is 75.6 Å². The second-order valence-corrected chi connectivity index (χ2v) is 4.18. The van der Waals surface area contributed by atoms with E-state index < -0.39 is 0 Å². The number of hydrogen-bond donors (Lipinski definition) is 1. The molecule has 4 nitrogen and oxygen atoms in total. The maximum Gasteiger partial charge on any atom is 0.103 e. The molecule has 0 bridgehead atoms. The molecule has 2 heterocycles. The minimum Gasteiger partial charge on any atom is -0.397 e. The quantitative estimate of drug-likeness (QED) is 0.716. The molecular formula is C15H10N4. The lowest BCUT2D eigenvalue weighted by Crippen LogP contribution is -1.96. The van der Waals surface area contributed by atoms with Gasteiger partial charge in [-0.1, -0.05) is 18.2 Å². The molecule has 0 aliphatic carbocycles. The molecule has 19 heavy (non-hydrogen) atoms. The Morgan fingerprint density at radius 1 is 1.11 bits per heavy atom. The van der Waals surface area contributed by atoms with Crippen LogP contribution in [0.3, 0.4) is 0 Å². The van der Waals surface area contributed by atoms with E-state index in [1.165, 1.54) is 6.20 Å². The number of fused-ring (bicyclic) bond motifs is 1. The van der Waals surface area contributed by atoms with E-state index in [1.807, 2.05) is 36.4 Å². The Balaban J connectivity index is 2.22. The molecule has 0 spiro atoms. The summed E-state index contributed by atoms with van der Waals surface area (Å²) in [5.41, 5.74) is 9.32. The zero-order chi connectivity index (χ0) is 13.2. The third-order valence-electron chi connectivity index (χ3n) is 3.01. The van der Waals surface area contributed by atoms with E-state index in [9.17, 15) is 0 Å². The number of anilines is 1. The minimum atomic E-state index is 0.380. The summed E-state index contributed by atoms with van der Waals surface area (Å²) in [6, 6.07) is 11.9. The van der Waals surface area contributed by atoms with E-state index in [1.54, 1.807) is 12.4 Å². The van der Waals surface area contributed by atoms with Crippen molar-refractivity contribution in [3.8, 4) is 17.2 Å². The summed E-state index contributed by atoms with van der Waals surface area (Å²) in [4.78, 5) is 8.43. The standard InChI is InChI=1S/C15H10N4/c16-6-12-7-18-9-13(15(12)17)11-5-10-3-1-2-4-14(10)19-8-11/h1-5,7-9H,(H2,17,18). The first-order chi connectivity index (χ1) is 9.29. The molecule has 0 amide bonds. The number of nitrogens with two attached hydrogens (primary N) is 1. The first kappa shape index (κ1) is 11.2. The van der Waals surface area contributed by atoms with Gasteiger partial charge >= 0.3 is 0 Å². The third-order valence-corrected chi connectivity index (χ3v) is 3.01. The van der Waals surface area contributed by atoms with Crippen molar-refractivity contribution in [2.24, 2.45) is 0 Å². The molecule has 0 atom stereocenters. The molecule has 1 aromatic carbocycles. The second kappa shape index (κ2) is 4.39. The van der Waals surface area contributed by atoms with Gasteiger partial charge in [0.2, 0.25) is 0 Å². The summed E-state index contributed by atoms with van der Waals surface area (Å²) in [7, 11) is 0. The molecule has 0 aliphatic heterocycles. The molecular weight excluding hydrogens is 236 g/mol. The van der Waals surface area contributed by atoms with E-state index >= 15 is 0 Å². The van der Waals surface area contributed by atoms with Gasteiger partial charge in [0.15, 0.2) is 0 Å². The fraction of sp³-hybridized carbons (Fsp3) is 0.